The molecule has 0 radical (unpaired) electrons. The lowest BCUT2D eigenvalue weighted by atomic mass is 9.86. The number of carbonyl (C=O) groups is 1. The Morgan fingerprint density at radius 2 is 1.96 bits per heavy atom. The summed E-state index contributed by atoms with van der Waals surface area (Å²) < 4.78 is 15.1. The van der Waals surface area contributed by atoms with Gasteiger partial charge in [-0.25, -0.2) is 14.2 Å². The molecular formula is C21H23FN4O2. The first-order chi connectivity index (χ1) is 13.6. The van der Waals surface area contributed by atoms with Crippen LogP contribution in [0.3, 0.4) is 0 Å². The number of nitrogens with zero attached hydrogens (tertiary/aromatic N) is 2. The molecule has 0 spiro atoms. The van der Waals surface area contributed by atoms with Crippen LogP contribution < -0.4 is 10.6 Å². The summed E-state index contributed by atoms with van der Waals surface area (Å²) in [6, 6.07) is 11.2. The Morgan fingerprint density at radius 1 is 1.18 bits per heavy atom. The topological polar surface area (TPSA) is 78.7 Å². The van der Waals surface area contributed by atoms with Crippen LogP contribution in [0.15, 0.2) is 48.7 Å². The fourth-order valence-corrected chi connectivity index (χ4v) is 3.73. The number of pyridine rings is 1. The van der Waals surface area contributed by atoms with E-state index in [1.54, 1.807) is 16.5 Å². The average Bonchev–Trinajstić information content (AvgIpc) is 3.06. The van der Waals surface area contributed by atoms with Crippen LogP contribution >= 0.6 is 0 Å². The first kappa shape index (κ1) is 18.4. The zero-order valence-corrected chi connectivity index (χ0v) is 15.4. The van der Waals surface area contributed by atoms with E-state index in [2.05, 4.69) is 15.6 Å². The molecule has 7 heteroatoms. The lowest BCUT2D eigenvalue weighted by Gasteiger charge is -2.27. The van der Waals surface area contributed by atoms with E-state index in [-0.39, 0.29) is 23.9 Å². The largest absolute Gasteiger partial charge is 0.393 e. The first-order valence-corrected chi connectivity index (χ1v) is 9.58. The highest BCUT2D eigenvalue weighted by molar-refractivity contribution is 5.93. The van der Waals surface area contributed by atoms with E-state index in [1.807, 2.05) is 24.4 Å². The van der Waals surface area contributed by atoms with Crippen molar-refractivity contribution in [2.45, 2.75) is 31.8 Å². The normalized spacial score (nSPS) is 19.5. The molecule has 1 aliphatic rings. The Labute approximate surface area is 162 Å². The van der Waals surface area contributed by atoms with Crippen molar-refractivity contribution >= 4 is 17.5 Å². The molecule has 2 aromatic heterocycles. The van der Waals surface area contributed by atoms with Gasteiger partial charge >= 0.3 is 6.03 Å². The zero-order valence-electron chi connectivity index (χ0n) is 15.4. The van der Waals surface area contributed by atoms with Gasteiger partial charge in [0.05, 0.1) is 6.10 Å². The molecule has 1 fully saturated rings. The summed E-state index contributed by atoms with van der Waals surface area (Å²) in [4.78, 5) is 17.1. The van der Waals surface area contributed by atoms with Crippen LogP contribution in [0.4, 0.5) is 15.0 Å². The van der Waals surface area contributed by atoms with Crippen molar-refractivity contribution in [3.8, 4) is 11.3 Å². The van der Waals surface area contributed by atoms with Gasteiger partial charge in [0.2, 0.25) is 0 Å². The lowest BCUT2D eigenvalue weighted by molar-refractivity contribution is 0.0711. The molecule has 1 saturated carbocycles. The monoisotopic (exact) mass is 382 g/mol. The van der Waals surface area contributed by atoms with Gasteiger partial charge in [0.25, 0.3) is 0 Å². The predicted octanol–water partition coefficient (Wildman–Crippen LogP) is 3.81. The van der Waals surface area contributed by atoms with Crippen molar-refractivity contribution in [3.63, 3.8) is 0 Å². The summed E-state index contributed by atoms with van der Waals surface area (Å²) in [5, 5.41) is 15.8. The standard InChI is InChI=1S/C21H23FN4O2/c22-16-10-8-14(9-11-16)19-20(26-12-4-3-7-18(26)24-19)25-21(28)23-13-15-5-1-2-6-17(15)27/h3-4,7-12,15,17,27H,1-2,5-6,13H2,(H2,23,25,28)/t15-,17+/m1/s1. The quantitative estimate of drug-likeness (QED) is 0.642. The molecule has 0 aliphatic heterocycles. The van der Waals surface area contributed by atoms with Gasteiger partial charge in [-0.1, -0.05) is 18.9 Å². The Kier molecular flexibility index (Phi) is 5.25. The zero-order chi connectivity index (χ0) is 19.5. The van der Waals surface area contributed by atoms with Gasteiger partial charge in [-0.05, 0) is 49.2 Å². The number of aromatic nitrogens is 2. The number of benzene rings is 1. The molecule has 3 N–H and O–H groups in total. The first-order valence-electron chi connectivity index (χ1n) is 9.58. The van der Waals surface area contributed by atoms with Crippen molar-refractivity contribution in [2.24, 2.45) is 5.92 Å². The number of hydrogen-bond donors (Lipinski definition) is 3. The molecule has 2 heterocycles. The minimum Gasteiger partial charge on any atom is -0.393 e. The maximum Gasteiger partial charge on any atom is 0.320 e. The highest BCUT2D eigenvalue weighted by Gasteiger charge is 2.24. The summed E-state index contributed by atoms with van der Waals surface area (Å²) in [5.74, 6) is 0.271. The Bertz CT molecular complexity index is 970. The molecule has 2 atom stereocenters. The maximum atomic E-state index is 13.3. The van der Waals surface area contributed by atoms with Crippen LogP contribution in [0.2, 0.25) is 0 Å². The number of halogens is 1. The van der Waals surface area contributed by atoms with E-state index in [4.69, 9.17) is 0 Å². The van der Waals surface area contributed by atoms with E-state index in [0.717, 1.165) is 25.7 Å². The third-order valence-corrected chi connectivity index (χ3v) is 5.27. The summed E-state index contributed by atoms with van der Waals surface area (Å²) >= 11 is 0. The van der Waals surface area contributed by atoms with Gasteiger partial charge in [-0.3, -0.25) is 9.72 Å². The number of imidazole rings is 1. The van der Waals surface area contributed by atoms with Crippen LogP contribution in [0.5, 0.6) is 0 Å². The molecule has 0 bridgehead atoms. The molecule has 4 rings (SSSR count). The Morgan fingerprint density at radius 3 is 2.75 bits per heavy atom. The van der Waals surface area contributed by atoms with E-state index in [9.17, 15) is 14.3 Å². The number of hydrogen-bond acceptors (Lipinski definition) is 3. The predicted molar refractivity (Wildman–Crippen MR) is 106 cm³/mol. The fourth-order valence-electron chi connectivity index (χ4n) is 3.73. The van der Waals surface area contributed by atoms with E-state index in [1.165, 1.54) is 12.1 Å². The van der Waals surface area contributed by atoms with Crippen molar-refractivity contribution in [3.05, 3.63) is 54.5 Å². The molecule has 2 amide bonds. The minimum atomic E-state index is -0.361. The van der Waals surface area contributed by atoms with Crippen molar-refractivity contribution in [2.75, 3.05) is 11.9 Å². The molecule has 1 aliphatic carbocycles. The van der Waals surface area contributed by atoms with Crippen LogP contribution in [-0.4, -0.2) is 33.2 Å². The second-order valence-corrected chi connectivity index (χ2v) is 7.19. The van der Waals surface area contributed by atoms with E-state index in [0.29, 0.717) is 29.3 Å². The SMILES string of the molecule is O=C(NC[C@H]1CCCC[C@@H]1O)Nc1c(-c2ccc(F)cc2)nc2ccccn12. The third-order valence-electron chi connectivity index (χ3n) is 5.27. The molecular weight excluding hydrogens is 359 g/mol. The number of anilines is 1. The van der Waals surface area contributed by atoms with Crippen molar-refractivity contribution < 1.29 is 14.3 Å². The van der Waals surface area contributed by atoms with Crippen molar-refractivity contribution in [1.29, 1.82) is 0 Å². The molecule has 28 heavy (non-hydrogen) atoms. The number of rotatable bonds is 4. The van der Waals surface area contributed by atoms with Gasteiger partial charge in [0.15, 0.2) is 0 Å². The highest BCUT2D eigenvalue weighted by Crippen LogP contribution is 2.29. The number of nitrogens with one attached hydrogen (secondary N) is 2. The molecule has 6 nitrogen and oxygen atoms in total. The van der Waals surface area contributed by atoms with Gasteiger partial charge in [0.1, 0.15) is 23.0 Å². The molecule has 1 aromatic carbocycles. The number of urea groups is 1. The molecule has 0 saturated heterocycles. The minimum absolute atomic E-state index is 0.0817. The van der Waals surface area contributed by atoms with Crippen LogP contribution in [0, 0.1) is 11.7 Å². The summed E-state index contributed by atoms with van der Waals surface area (Å²) in [6.07, 6.45) is 5.27. The number of fused-ring (bicyclic) bond motifs is 1. The molecule has 0 unspecified atom stereocenters. The second kappa shape index (κ2) is 7.98. The number of aliphatic hydroxyl groups excluding tert-OH is 1. The van der Waals surface area contributed by atoms with Crippen LogP contribution in [0.25, 0.3) is 16.9 Å². The third kappa shape index (κ3) is 3.84. The molecule has 146 valence electrons. The lowest BCUT2D eigenvalue weighted by Crippen LogP contribution is -2.38. The van der Waals surface area contributed by atoms with Crippen LogP contribution in [-0.2, 0) is 0 Å². The number of amides is 2. The van der Waals surface area contributed by atoms with Gasteiger partial charge in [-0.2, -0.15) is 0 Å². The van der Waals surface area contributed by atoms with E-state index >= 15 is 0 Å². The number of aliphatic hydroxyl groups is 1. The van der Waals surface area contributed by atoms with Crippen molar-refractivity contribution in [1.82, 2.24) is 14.7 Å². The second-order valence-electron chi connectivity index (χ2n) is 7.19. The summed E-state index contributed by atoms with van der Waals surface area (Å²) in [6.45, 7) is 0.426. The summed E-state index contributed by atoms with van der Waals surface area (Å²) in [7, 11) is 0. The van der Waals surface area contributed by atoms with E-state index < -0.39 is 0 Å². The maximum absolute atomic E-state index is 13.3. The molecule has 3 aromatic rings. The van der Waals surface area contributed by atoms with Crippen LogP contribution in [0.1, 0.15) is 25.7 Å². The Balaban J connectivity index is 1.56. The average molecular weight is 382 g/mol. The summed E-state index contributed by atoms with van der Waals surface area (Å²) in [5.41, 5.74) is 1.96. The van der Waals surface area contributed by atoms with Gasteiger partial charge < -0.3 is 10.4 Å². The van der Waals surface area contributed by atoms with Gasteiger partial charge in [-0.15, -0.1) is 0 Å². The fraction of sp³-hybridized carbons (Fsp3) is 0.333. The Hall–Kier alpha value is -2.93. The highest BCUT2D eigenvalue weighted by atomic mass is 19.1. The van der Waals surface area contributed by atoms with Gasteiger partial charge in [0, 0.05) is 24.2 Å². The smallest absolute Gasteiger partial charge is 0.320 e. The number of carbonyl (C=O) groups excluding carboxylic acids is 1.